The zero-order valence-electron chi connectivity index (χ0n) is 8.41. The van der Waals surface area contributed by atoms with Crippen LogP contribution in [0.5, 0.6) is 0 Å². The van der Waals surface area contributed by atoms with E-state index in [0.29, 0.717) is 0 Å². The van der Waals surface area contributed by atoms with E-state index in [1.165, 1.54) is 6.92 Å². The van der Waals surface area contributed by atoms with E-state index in [1.54, 1.807) is 0 Å². The van der Waals surface area contributed by atoms with E-state index in [1.807, 2.05) is 0 Å². The summed E-state index contributed by atoms with van der Waals surface area (Å²) in [5, 5.41) is 0. The summed E-state index contributed by atoms with van der Waals surface area (Å²) < 4.78 is 52.4. The third kappa shape index (κ3) is 1.26. The Kier molecular flexibility index (Phi) is 2.38. The Morgan fingerprint density at radius 1 is 0.765 bits per heavy atom. The summed E-state index contributed by atoms with van der Waals surface area (Å²) in [7, 11) is 0. The average Bonchev–Trinajstić information content (AvgIpc) is 2.55. The molecule has 0 unspecified atom stereocenters. The van der Waals surface area contributed by atoms with Crippen LogP contribution in [0.4, 0.5) is 17.6 Å². The first-order valence-electron chi connectivity index (χ1n) is 4.53. The quantitative estimate of drug-likeness (QED) is 0.231. The molecule has 17 heavy (non-hydrogen) atoms. The summed E-state index contributed by atoms with van der Waals surface area (Å²) in [5.74, 6) is -10.1. The molecule has 6 heteroatoms. The van der Waals surface area contributed by atoms with Gasteiger partial charge in [0, 0.05) is 0 Å². The number of allylic oxidation sites excluding steroid dienone is 2. The van der Waals surface area contributed by atoms with Crippen molar-refractivity contribution in [2.45, 2.75) is 6.92 Å². The van der Waals surface area contributed by atoms with Crippen molar-refractivity contribution in [3.05, 3.63) is 46.0 Å². The molecule has 0 aliphatic heterocycles. The number of fused-ring (bicyclic) bond motifs is 1. The molecule has 0 atom stereocenters. The van der Waals surface area contributed by atoms with Gasteiger partial charge < -0.3 is 0 Å². The van der Waals surface area contributed by atoms with Crippen LogP contribution in [0.15, 0.2) is 11.6 Å². The maximum absolute atomic E-state index is 13.3. The zero-order valence-corrected chi connectivity index (χ0v) is 8.41. The van der Waals surface area contributed by atoms with Crippen LogP contribution in [0, 0.1) is 23.3 Å². The number of carbonyl (C=O) groups excluding carboxylic acids is 2. The van der Waals surface area contributed by atoms with Gasteiger partial charge in [0.1, 0.15) is 0 Å². The van der Waals surface area contributed by atoms with E-state index in [2.05, 4.69) is 0 Å². The number of hydrogen-bond donors (Lipinski definition) is 0. The smallest absolute Gasteiger partial charge is 0.200 e. The molecule has 0 saturated carbocycles. The fourth-order valence-electron chi connectivity index (χ4n) is 1.69. The molecule has 0 bridgehead atoms. The lowest BCUT2D eigenvalue weighted by Gasteiger charge is -2.02. The first-order valence-corrected chi connectivity index (χ1v) is 4.53. The van der Waals surface area contributed by atoms with E-state index >= 15 is 0 Å². The SMILES string of the molecule is CC=C1C(=O)c2c(F)c(F)c(F)c(F)c2C1=O. The zero-order chi connectivity index (χ0) is 12.9. The van der Waals surface area contributed by atoms with Gasteiger partial charge >= 0.3 is 0 Å². The van der Waals surface area contributed by atoms with E-state index in [9.17, 15) is 27.2 Å². The van der Waals surface area contributed by atoms with Gasteiger partial charge in [-0.25, -0.2) is 17.6 Å². The molecule has 1 aliphatic rings. The second-order valence-corrected chi connectivity index (χ2v) is 3.37. The van der Waals surface area contributed by atoms with Gasteiger partial charge in [0.2, 0.25) is 11.6 Å². The molecule has 0 heterocycles. The van der Waals surface area contributed by atoms with Gasteiger partial charge in [0.05, 0.1) is 16.7 Å². The first-order chi connectivity index (χ1) is 7.91. The lowest BCUT2D eigenvalue weighted by atomic mass is 10.1. The van der Waals surface area contributed by atoms with Crippen molar-refractivity contribution in [3.63, 3.8) is 0 Å². The van der Waals surface area contributed by atoms with Crippen LogP contribution < -0.4 is 0 Å². The molecule has 0 N–H and O–H groups in total. The number of hydrogen-bond acceptors (Lipinski definition) is 2. The number of benzene rings is 1. The van der Waals surface area contributed by atoms with Crippen LogP contribution in [0.1, 0.15) is 27.6 Å². The third-order valence-corrected chi connectivity index (χ3v) is 2.50. The molecule has 2 nitrogen and oxygen atoms in total. The summed E-state index contributed by atoms with van der Waals surface area (Å²) in [4.78, 5) is 23.0. The van der Waals surface area contributed by atoms with Crippen LogP contribution in [-0.2, 0) is 0 Å². The molecule has 0 aromatic heterocycles. The number of rotatable bonds is 0. The maximum Gasteiger partial charge on any atom is 0.200 e. The summed E-state index contributed by atoms with van der Waals surface area (Å²) in [6.45, 7) is 1.31. The summed E-state index contributed by atoms with van der Waals surface area (Å²) in [6.07, 6.45) is 1.04. The van der Waals surface area contributed by atoms with Gasteiger partial charge in [0.25, 0.3) is 0 Å². The van der Waals surface area contributed by atoms with Crippen molar-refractivity contribution < 1.29 is 27.2 Å². The Labute approximate surface area is 92.5 Å². The molecule has 88 valence electrons. The third-order valence-electron chi connectivity index (χ3n) is 2.50. The van der Waals surface area contributed by atoms with Crippen molar-refractivity contribution in [1.82, 2.24) is 0 Å². The Morgan fingerprint density at radius 3 is 1.41 bits per heavy atom. The monoisotopic (exact) mass is 244 g/mol. The molecule has 0 saturated heterocycles. The topological polar surface area (TPSA) is 34.1 Å². The molecule has 1 aromatic rings. The predicted molar refractivity (Wildman–Crippen MR) is 48.7 cm³/mol. The standard InChI is InChI=1S/C11H4F4O2/c1-2-3-10(16)4-5(11(3)17)7(13)9(15)8(14)6(4)12/h2H,1H3. The van der Waals surface area contributed by atoms with Crippen molar-refractivity contribution in [2.75, 3.05) is 0 Å². The minimum Gasteiger partial charge on any atom is -0.288 e. The fraction of sp³-hybridized carbons (Fsp3) is 0.0909. The number of Topliss-reactive ketones (excluding diaryl/α,β-unsaturated/α-hetero) is 2. The largest absolute Gasteiger partial charge is 0.288 e. The van der Waals surface area contributed by atoms with Crippen molar-refractivity contribution >= 4 is 11.6 Å². The van der Waals surface area contributed by atoms with Gasteiger partial charge in [-0.05, 0) is 6.92 Å². The van der Waals surface area contributed by atoms with Crippen molar-refractivity contribution in [2.24, 2.45) is 0 Å². The molecule has 0 fully saturated rings. The molecular weight excluding hydrogens is 240 g/mol. The Balaban J connectivity index is 2.94. The number of ketones is 2. The van der Waals surface area contributed by atoms with Gasteiger partial charge in [-0.2, -0.15) is 0 Å². The highest BCUT2D eigenvalue weighted by Crippen LogP contribution is 2.33. The van der Waals surface area contributed by atoms with Crippen molar-refractivity contribution in [3.8, 4) is 0 Å². The molecule has 1 aromatic carbocycles. The van der Waals surface area contributed by atoms with Gasteiger partial charge in [0.15, 0.2) is 23.3 Å². The van der Waals surface area contributed by atoms with E-state index < -0.39 is 51.5 Å². The predicted octanol–water partition coefficient (Wildman–Crippen LogP) is 2.57. The molecule has 0 amide bonds. The van der Waals surface area contributed by atoms with Crippen LogP contribution in [-0.4, -0.2) is 11.6 Å². The van der Waals surface area contributed by atoms with E-state index in [0.717, 1.165) is 6.08 Å². The highest BCUT2D eigenvalue weighted by atomic mass is 19.2. The second-order valence-electron chi connectivity index (χ2n) is 3.37. The van der Waals surface area contributed by atoms with Crippen LogP contribution >= 0.6 is 0 Å². The summed E-state index contributed by atoms with van der Waals surface area (Å²) in [5.41, 5.74) is -2.58. The lowest BCUT2D eigenvalue weighted by molar-refractivity contribution is 0.0986. The normalized spacial score (nSPS) is 14.3. The van der Waals surface area contributed by atoms with E-state index in [4.69, 9.17) is 0 Å². The van der Waals surface area contributed by atoms with E-state index in [-0.39, 0.29) is 0 Å². The summed E-state index contributed by atoms with van der Waals surface area (Å²) in [6, 6.07) is 0. The molecule has 2 rings (SSSR count). The molecular formula is C11H4F4O2. The Bertz CT molecular complexity index is 553. The second kappa shape index (κ2) is 3.51. The first kappa shape index (κ1) is 11.5. The van der Waals surface area contributed by atoms with Crippen LogP contribution in [0.25, 0.3) is 0 Å². The number of carbonyl (C=O) groups is 2. The van der Waals surface area contributed by atoms with Crippen LogP contribution in [0.3, 0.4) is 0 Å². The summed E-state index contributed by atoms with van der Waals surface area (Å²) >= 11 is 0. The molecule has 1 aliphatic carbocycles. The number of halogens is 4. The van der Waals surface area contributed by atoms with Crippen molar-refractivity contribution in [1.29, 1.82) is 0 Å². The average molecular weight is 244 g/mol. The van der Waals surface area contributed by atoms with Crippen LogP contribution in [0.2, 0.25) is 0 Å². The Morgan fingerprint density at radius 2 is 1.12 bits per heavy atom. The highest BCUT2D eigenvalue weighted by Gasteiger charge is 2.41. The lowest BCUT2D eigenvalue weighted by Crippen LogP contribution is -2.07. The van der Waals surface area contributed by atoms with Gasteiger partial charge in [-0.1, -0.05) is 6.08 Å². The minimum absolute atomic E-state index is 0.497. The highest BCUT2D eigenvalue weighted by molar-refractivity contribution is 6.39. The Hall–Kier alpha value is -1.98. The fourth-order valence-corrected chi connectivity index (χ4v) is 1.69. The van der Waals surface area contributed by atoms with Gasteiger partial charge in [-0.15, -0.1) is 0 Å². The molecule has 0 radical (unpaired) electrons. The minimum atomic E-state index is -2.10. The molecule has 0 spiro atoms. The maximum atomic E-state index is 13.3. The van der Waals surface area contributed by atoms with Gasteiger partial charge in [-0.3, -0.25) is 9.59 Å².